The molecule has 0 unspecified atom stereocenters. The number of benzene rings is 2. The zero-order chi connectivity index (χ0) is 18.2. The zero-order valence-corrected chi connectivity index (χ0v) is 13.6. The molecule has 0 fully saturated rings. The standard InChI is InChI=1S/C18H16F3NO3/c1-17(2,12-6-7-14-15(9-12)25-10-24-14)22-16(23)11-4-3-5-13(8-11)18(19,20)21/h3-9H,10H2,1-2H3,(H,22,23). The molecule has 7 heteroatoms. The summed E-state index contributed by atoms with van der Waals surface area (Å²) in [4.78, 5) is 12.4. The molecule has 1 heterocycles. The summed E-state index contributed by atoms with van der Waals surface area (Å²) in [6, 6.07) is 9.58. The third-order valence-electron chi connectivity index (χ3n) is 3.97. The van der Waals surface area contributed by atoms with Crippen molar-refractivity contribution in [2.24, 2.45) is 0 Å². The molecule has 0 aromatic heterocycles. The molecule has 2 aromatic rings. The van der Waals surface area contributed by atoms with E-state index in [1.165, 1.54) is 12.1 Å². The lowest BCUT2D eigenvalue weighted by atomic mass is 9.93. The molecule has 0 saturated carbocycles. The van der Waals surface area contributed by atoms with E-state index in [4.69, 9.17) is 9.47 Å². The zero-order valence-electron chi connectivity index (χ0n) is 13.6. The van der Waals surface area contributed by atoms with Gasteiger partial charge in [-0.1, -0.05) is 12.1 Å². The number of alkyl halides is 3. The number of rotatable bonds is 3. The summed E-state index contributed by atoms with van der Waals surface area (Å²) in [5.41, 5.74) is -0.978. The fourth-order valence-corrected chi connectivity index (χ4v) is 2.55. The summed E-state index contributed by atoms with van der Waals surface area (Å²) in [6.45, 7) is 3.65. The van der Waals surface area contributed by atoms with Gasteiger partial charge in [0.05, 0.1) is 11.1 Å². The summed E-state index contributed by atoms with van der Waals surface area (Å²) in [7, 11) is 0. The third-order valence-corrected chi connectivity index (χ3v) is 3.97. The van der Waals surface area contributed by atoms with Crippen LogP contribution in [0.3, 0.4) is 0 Å². The predicted octanol–water partition coefficient (Wildman–Crippen LogP) is 4.10. The van der Waals surface area contributed by atoms with Crippen LogP contribution in [-0.2, 0) is 11.7 Å². The Balaban J connectivity index is 1.82. The lowest BCUT2D eigenvalue weighted by Crippen LogP contribution is -2.41. The number of fused-ring (bicyclic) bond motifs is 1. The summed E-state index contributed by atoms with van der Waals surface area (Å²) < 4.78 is 49.0. The van der Waals surface area contributed by atoms with Crippen molar-refractivity contribution < 1.29 is 27.4 Å². The monoisotopic (exact) mass is 351 g/mol. The summed E-state index contributed by atoms with van der Waals surface area (Å²) in [5.74, 6) is 0.594. The van der Waals surface area contributed by atoms with E-state index in [-0.39, 0.29) is 12.4 Å². The molecule has 132 valence electrons. The Hall–Kier alpha value is -2.70. The molecule has 4 nitrogen and oxygen atoms in total. The molecule has 0 spiro atoms. The average Bonchev–Trinajstić information content (AvgIpc) is 3.01. The van der Waals surface area contributed by atoms with Crippen molar-refractivity contribution >= 4 is 5.91 Å². The number of amides is 1. The Labute approximate surface area is 142 Å². The molecule has 0 saturated heterocycles. The molecule has 25 heavy (non-hydrogen) atoms. The third kappa shape index (κ3) is 3.55. The van der Waals surface area contributed by atoms with Crippen LogP contribution in [0.2, 0.25) is 0 Å². The van der Waals surface area contributed by atoms with Gasteiger partial charge in [-0.15, -0.1) is 0 Å². The van der Waals surface area contributed by atoms with Crippen LogP contribution in [-0.4, -0.2) is 12.7 Å². The van der Waals surface area contributed by atoms with Gasteiger partial charge in [0.15, 0.2) is 11.5 Å². The van der Waals surface area contributed by atoms with Gasteiger partial charge in [-0.05, 0) is 49.7 Å². The Morgan fingerprint density at radius 2 is 1.72 bits per heavy atom. The molecule has 1 aliphatic heterocycles. The summed E-state index contributed by atoms with van der Waals surface area (Å²) in [5, 5.41) is 2.76. The highest BCUT2D eigenvalue weighted by Gasteiger charge is 2.32. The Morgan fingerprint density at radius 1 is 1.00 bits per heavy atom. The van der Waals surface area contributed by atoms with Crippen LogP contribution in [0.15, 0.2) is 42.5 Å². The van der Waals surface area contributed by atoms with Crippen LogP contribution in [0.5, 0.6) is 11.5 Å². The van der Waals surface area contributed by atoms with Crippen LogP contribution in [0, 0.1) is 0 Å². The summed E-state index contributed by atoms with van der Waals surface area (Å²) >= 11 is 0. The van der Waals surface area contributed by atoms with E-state index >= 15 is 0 Å². The molecule has 0 bridgehead atoms. The van der Waals surface area contributed by atoms with Gasteiger partial charge in [0, 0.05) is 5.56 Å². The molecular weight excluding hydrogens is 335 g/mol. The van der Waals surface area contributed by atoms with Gasteiger partial charge in [-0.25, -0.2) is 0 Å². The SMILES string of the molecule is CC(C)(NC(=O)c1cccc(C(F)(F)F)c1)c1ccc2c(c1)OCO2. The molecular formula is C18H16F3NO3. The Bertz CT molecular complexity index is 815. The Kier molecular flexibility index (Phi) is 4.10. The maximum absolute atomic E-state index is 12.8. The van der Waals surface area contributed by atoms with E-state index in [9.17, 15) is 18.0 Å². The largest absolute Gasteiger partial charge is 0.454 e. The summed E-state index contributed by atoms with van der Waals surface area (Å²) in [6.07, 6.45) is -4.50. The second-order valence-corrected chi connectivity index (χ2v) is 6.23. The van der Waals surface area contributed by atoms with Gasteiger partial charge in [-0.3, -0.25) is 4.79 Å². The minimum atomic E-state index is -4.50. The first kappa shape index (κ1) is 17.1. The van der Waals surface area contributed by atoms with E-state index in [1.54, 1.807) is 32.0 Å². The van der Waals surface area contributed by atoms with Crippen molar-refractivity contribution in [3.8, 4) is 11.5 Å². The van der Waals surface area contributed by atoms with Gasteiger partial charge in [0.25, 0.3) is 5.91 Å². The maximum Gasteiger partial charge on any atom is 0.416 e. The van der Waals surface area contributed by atoms with Gasteiger partial charge in [0.2, 0.25) is 6.79 Å². The van der Waals surface area contributed by atoms with E-state index in [1.807, 2.05) is 0 Å². The molecule has 2 aromatic carbocycles. The molecule has 0 radical (unpaired) electrons. The fourth-order valence-electron chi connectivity index (χ4n) is 2.55. The van der Waals surface area contributed by atoms with E-state index in [2.05, 4.69) is 5.32 Å². The van der Waals surface area contributed by atoms with Crippen molar-refractivity contribution in [2.75, 3.05) is 6.79 Å². The predicted molar refractivity (Wildman–Crippen MR) is 84.5 cm³/mol. The molecule has 0 atom stereocenters. The first-order chi connectivity index (χ1) is 11.7. The normalized spacial score (nSPS) is 13.6. The van der Waals surface area contributed by atoms with Crippen molar-refractivity contribution in [1.82, 2.24) is 5.32 Å². The van der Waals surface area contributed by atoms with E-state index in [0.29, 0.717) is 11.5 Å². The van der Waals surface area contributed by atoms with Crippen LogP contribution < -0.4 is 14.8 Å². The van der Waals surface area contributed by atoms with E-state index < -0.39 is 23.2 Å². The average molecular weight is 351 g/mol. The second-order valence-electron chi connectivity index (χ2n) is 6.23. The van der Waals surface area contributed by atoms with Crippen molar-refractivity contribution in [3.63, 3.8) is 0 Å². The highest BCUT2D eigenvalue weighted by atomic mass is 19.4. The molecule has 1 amide bonds. The molecule has 3 rings (SSSR count). The molecule has 0 aliphatic carbocycles. The van der Waals surface area contributed by atoms with Gasteiger partial charge < -0.3 is 14.8 Å². The van der Waals surface area contributed by atoms with Crippen LogP contribution in [0.1, 0.15) is 35.3 Å². The number of ether oxygens (including phenoxy) is 2. The lowest BCUT2D eigenvalue weighted by molar-refractivity contribution is -0.137. The van der Waals surface area contributed by atoms with Gasteiger partial charge >= 0.3 is 6.18 Å². The highest BCUT2D eigenvalue weighted by Crippen LogP contribution is 2.36. The highest BCUT2D eigenvalue weighted by molar-refractivity contribution is 5.95. The topological polar surface area (TPSA) is 47.6 Å². The minimum absolute atomic E-state index is 0.0522. The van der Waals surface area contributed by atoms with Crippen molar-refractivity contribution in [1.29, 1.82) is 0 Å². The number of halogens is 3. The minimum Gasteiger partial charge on any atom is -0.454 e. The smallest absolute Gasteiger partial charge is 0.416 e. The van der Waals surface area contributed by atoms with Crippen molar-refractivity contribution in [3.05, 3.63) is 59.2 Å². The lowest BCUT2D eigenvalue weighted by Gasteiger charge is -2.27. The first-order valence-electron chi connectivity index (χ1n) is 7.57. The molecule has 1 aliphatic rings. The Morgan fingerprint density at radius 3 is 2.44 bits per heavy atom. The molecule has 1 N–H and O–H groups in total. The van der Waals surface area contributed by atoms with Gasteiger partial charge in [-0.2, -0.15) is 13.2 Å². The van der Waals surface area contributed by atoms with E-state index in [0.717, 1.165) is 17.7 Å². The maximum atomic E-state index is 12.8. The van der Waals surface area contributed by atoms with Crippen LogP contribution in [0.25, 0.3) is 0 Å². The quantitative estimate of drug-likeness (QED) is 0.906. The number of carbonyl (C=O) groups excluding carboxylic acids is 1. The fraction of sp³-hybridized carbons (Fsp3) is 0.278. The first-order valence-corrected chi connectivity index (χ1v) is 7.57. The number of carbonyl (C=O) groups is 1. The number of hydrogen-bond acceptors (Lipinski definition) is 3. The number of hydrogen-bond donors (Lipinski definition) is 1. The van der Waals surface area contributed by atoms with Crippen molar-refractivity contribution in [2.45, 2.75) is 25.6 Å². The van der Waals surface area contributed by atoms with Crippen LogP contribution in [0.4, 0.5) is 13.2 Å². The second kappa shape index (κ2) is 5.98. The number of nitrogens with one attached hydrogen (secondary N) is 1. The van der Waals surface area contributed by atoms with Gasteiger partial charge in [0.1, 0.15) is 0 Å². The van der Waals surface area contributed by atoms with Crippen LogP contribution >= 0.6 is 0 Å².